The number of nitrogens with two attached hydrogens (primary N) is 1. The van der Waals surface area contributed by atoms with Crippen molar-refractivity contribution in [3.63, 3.8) is 0 Å². The molecule has 0 bridgehead atoms. The van der Waals surface area contributed by atoms with Crippen LogP contribution in [0, 0.1) is 11.8 Å². The first-order valence-electron chi connectivity index (χ1n) is 7.71. The highest BCUT2D eigenvalue weighted by atomic mass is 15.3. The van der Waals surface area contributed by atoms with Crippen LogP contribution in [0.25, 0.3) is 0 Å². The van der Waals surface area contributed by atoms with Crippen molar-refractivity contribution < 1.29 is 0 Å². The molecule has 0 aliphatic carbocycles. The van der Waals surface area contributed by atoms with Crippen LogP contribution in [0.4, 0.5) is 0 Å². The van der Waals surface area contributed by atoms with Crippen LogP contribution >= 0.6 is 0 Å². The molecular weight excluding hydrogens is 236 g/mol. The van der Waals surface area contributed by atoms with Gasteiger partial charge in [0.05, 0.1) is 0 Å². The van der Waals surface area contributed by atoms with E-state index in [2.05, 4.69) is 49.9 Å². The number of likely N-dealkylation sites (N-methyl/N-ethyl adjacent to an activating group) is 1. The van der Waals surface area contributed by atoms with Gasteiger partial charge in [-0.3, -0.25) is 4.90 Å². The molecule has 1 heterocycles. The number of piperazine rings is 1. The molecule has 1 aliphatic rings. The van der Waals surface area contributed by atoms with Gasteiger partial charge >= 0.3 is 0 Å². The smallest absolute Gasteiger partial charge is 0.0278 e. The molecule has 1 saturated heterocycles. The first-order valence-corrected chi connectivity index (χ1v) is 7.71. The molecule has 0 radical (unpaired) electrons. The van der Waals surface area contributed by atoms with E-state index in [1.54, 1.807) is 0 Å². The van der Waals surface area contributed by atoms with Crippen LogP contribution in [-0.2, 0) is 0 Å². The van der Waals surface area contributed by atoms with Crippen molar-refractivity contribution in [3.8, 4) is 0 Å². The quantitative estimate of drug-likeness (QED) is 0.719. The average molecular weight is 270 g/mol. The van der Waals surface area contributed by atoms with Crippen LogP contribution in [0.1, 0.15) is 27.7 Å². The number of rotatable bonds is 7. The lowest BCUT2D eigenvalue weighted by atomic mass is 9.95. The molecule has 1 rings (SSSR count). The standard InChI is InChI=1S/C15H34N4/c1-13(2)14(10-16)11-17-12-15(3,4)19-8-6-18(5)7-9-19/h13-14,17H,6-12,16H2,1-5H3. The zero-order chi connectivity index (χ0) is 14.5. The van der Waals surface area contributed by atoms with Gasteiger partial charge in [-0.15, -0.1) is 0 Å². The van der Waals surface area contributed by atoms with Gasteiger partial charge in [0.25, 0.3) is 0 Å². The normalized spacial score (nSPS) is 21.0. The van der Waals surface area contributed by atoms with Crippen LogP contribution in [0.2, 0.25) is 0 Å². The van der Waals surface area contributed by atoms with Crippen molar-refractivity contribution in [2.24, 2.45) is 17.6 Å². The average Bonchev–Trinajstić information content (AvgIpc) is 2.34. The Kier molecular flexibility index (Phi) is 6.74. The Balaban J connectivity index is 2.34. The first kappa shape index (κ1) is 16.9. The molecule has 1 aliphatic heterocycles. The lowest BCUT2D eigenvalue weighted by Crippen LogP contribution is -2.57. The van der Waals surface area contributed by atoms with Gasteiger partial charge in [-0.05, 0) is 45.8 Å². The van der Waals surface area contributed by atoms with Crippen LogP contribution in [0.3, 0.4) is 0 Å². The number of hydrogen-bond acceptors (Lipinski definition) is 4. The van der Waals surface area contributed by atoms with Gasteiger partial charge < -0.3 is 16.0 Å². The van der Waals surface area contributed by atoms with Gasteiger partial charge in [-0.1, -0.05) is 13.8 Å². The fourth-order valence-corrected chi connectivity index (χ4v) is 2.68. The molecule has 1 atom stereocenters. The predicted octanol–water partition coefficient (Wildman–Crippen LogP) is 0.833. The molecule has 1 fully saturated rings. The summed E-state index contributed by atoms with van der Waals surface area (Å²) in [6, 6.07) is 0. The highest BCUT2D eigenvalue weighted by Crippen LogP contribution is 2.16. The molecule has 0 aromatic heterocycles. The van der Waals surface area contributed by atoms with E-state index in [4.69, 9.17) is 5.73 Å². The maximum atomic E-state index is 5.83. The van der Waals surface area contributed by atoms with Crippen molar-refractivity contribution in [3.05, 3.63) is 0 Å². The zero-order valence-corrected chi connectivity index (χ0v) is 13.6. The Bertz CT molecular complexity index is 245. The number of nitrogens with one attached hydrogen (secondary N) is 1. The lowest BCUT2D eigenvalue weighted by molar-refractivity contribution is 0.0611. The minimum Gasteiger partial charge on any atom is -0.330 e. The SMILES string of the molecule is CC(C)C(CN)CNCC(C)(C)N1CCN(C)CC1. The van der Waals surface area contributed by atoms with E-state index in [0.717, 1.165) is 19.6 Å². The molecule has 19 heavy (non-hydrogen) atoms. The molecule has 1 unspecified atom stereocenters. The van der Waals surface area contributed by atoms with Crippen molar-refractivity contribution in [2.75, 3.05) is 52.9 Å². The second kappa shape index (κ2) is 7.58. The van der Waals surface area contributed by atoms with Gasteiger partial charge in [0.15, 0.2) is 0 Å². The van der Waals surface area contributed by atoms with Crippen LogP contribution in [-0.4, -0.2) is 68.2 Å². The van der Waals surface area contributed by atoms with Crippen LogP contribution < -0.4 is 11.1 Å². The van der Waals surface area contributed by atoms with Crippen molar-refractivity contribution >= 4 is 0 Å². The fourth-order valence-electron chi connectivity index (χ4n) is 2.68. The van der Waals surface area contributed by atoms with E-state index in [1.165, 1.54) is 26.2 Å². The Morgan fingerprint density at radius 3 is 2.21 bits per heavy atom. The summed E-state index contributed by atoms with van der Waals surface area (Å²) in [6.45, 7) is 16.8. The summed E-state index contributed by atoms with van der Waals surface area (Å²) in [7, 11) is 2.21. The third kappa shape index (κ3) is 5.38. The summed E-state index contributed by atoms with van der Waals surface area (Å²) >= 11 is 0. The van der Waals surface area contributed by atoms with Crippen molar-refractivity contribution in [1.82, 2.24) is 15.1 Å². The molecule has 0 amide bonds. The second-order valence-corrected chi connectivity index (χ2v) is 6.97. The van der Waals surface area contributed by atoms with Gasteiger partial charge in [-0.25, -0.2) is 0 Å². The summed E-state index contributed by atoms with van der Waals surface area (Å²) in [5.41, 5.74) is 6.06. The summed E-state index contributed by atoms with van der Waals surface area (Å²) < 4.78 is 0. The van der Waals surface area contributed by atoms with E-state index in [9.17, 15) is 0 Å². The molecule has 0 aromatic rings. The van der Waals surface area contributed by atoms with Gasteiger partial charge in [0, 0.05) is 38.3 Å². The highest BCUT2D eigenvalue weighted by molar-refractivity contribution is 4.87. The molecule has 0 saturated carbocycles. The van der Waals surface area contributed by atoms with Crippen molar-refractivity contribution in [1.29, 1.82) is 0 Å². The Labute approximate surface area is 119 Å². The van der Waals surface area contributed by atoms with Gasteiger partial charge in [-0.2, -0.15) is 0 Å². The highest BCUT2D eigenvalue weighted by Gasteiger charge is 2.28. The lowest BCUT2D eigenvalue weighted by Gasteiger charge is -2.43. The van der Waals surface area contributed by atoms with E-state index >= 15 is 0 Å². The topological polar surface area (TPSA) is 44.5 Å². The maximum absolute atomic E-state index is 5.83. The van der Waals surface area contributed by atoms with E-state index in [-0.39, 0.29) is 5.54 Å². The third-order valence-electron chi connectivity index (χ3n) is 4.57. The van der Waals surface area contributed by atoms with E-state index < -0.39 is 0 Å². The minimum absolute atomic E-state index is 0.234. The Hall–Kier alpha value is -0.160. The van der Waals surface area contributed by atoms with Gasteiger partial charge in [0.2, 0.25) is 0 Å². The number of hydrogen-bond donors (Lipinski definition) is 2. The predicted molar refractivity (Wildman–Crippen MR) is 83.4 cm³/mol. The zero-order valence-electron chi connectivity index (χ0n) is 13.6. The fraction of sp³-hybridized carbons (Fsp3) is 1.00. The van der Waals surface area contributed by atoms with Crippen LogP contribution in [0.5, 0.6) is 0 Å². The van der Waals surface area contributed by atoms with Crippen LogP contribution in [0.15, 0.2) is 0 Å². The van der Waals surface area contributed by atoms with E-state index in [0.29, 0.717) is 11.8 Å². The monoisotopic (exact) mass is 270 g/mol. The largest absolute Gasteiger partial charge is 0.330 e. The van der Waals surface area contributed by atoms with E-state index in [1.807, 2.05) is 0 Å². The summed E-state index contributed by atoms with van der Waals surface area (Å²) in [4.78, 5) is 5.01. The van der Waals surface area contributed by atoms with Gasteiger partial charge in [0.1, 0.15) is 0 Å². The molecule has 4 heteroatoms. The molecule has 3 N–H and O–H groups in total. The summed E-state index contributed by atoms with van der Waals surface area (Å²) in [6.07, 6.45) is 0. The molecule has 0 aromatic carbocycles. The first-order chi connectivity index (χ1) is 8.86. The van der Waals surface area contributed by atoms with Crippen molar-refractivity contribution in [2.45, 2.75) is 33.2 Å². The molecule has 114 valence electrons. The summed E-state index contributed by atoms with van der Waals surface area (Å²) in [5.74, 6) is 1.24. The second-order valence-electron chi connectivity index (χ2n) is 6.97. The Morgan fingerprint density at radius 1 is 1.16 bits per heavy atom. The summed E-state index contributed by atoms with van der Waals surface area (Å²) in [5, 5.41) is 3.63. The molecule has 4 nitrogen and oxygen atoms in total. The molecule has 0 spiro atoms. The molecular formula is C15H34N4. The maximum Gasteiger partial charge on any atom is 0.0278 e. The third-order valence-corrected chi connectivity index (χ3v) is 4.57. The Morgan fingerprint density at radius 2 is 1.74 bits per heavy atom. The minimum atomic E-state index is 0.234. The number of nitrogens with zero attached hydrogens (tertiary/aromatic N) is 2.